The molecular formula is C24H24. The minimum absolute atomic E-state index is 0.760. The molecule has 120 valence electrons. The van der Waals surface area contributed by atoms with E-state index in [1.807, 2.05) is 22.3 Å². The van der Waals surface area contributed by atoms with Gasteiger partial charge in [0.05, 0.1) is 0 Å². The molecule has 0 spiro atoms. The first-order valence-corrected chi connectivity index (χ1v) is 10.2. The van der Waals surface area contributed by atoms with Gasteiger partial charge in [-0.3, -0.25) is 0 Å². The summed E-state index contributed by atoms with van der Waals surface area (Å²) in [4.78, 5) is 0. The van der Waals surface area contributed by atoms with E-state index in [1.54, 1.807) is 22.3 Å². The summed E-state index contributed by atoms with van der Waals surface area (Å²) < 4.78 is 0. The van der Waals surface area contributed by atoms with Crippen LogP contribution < -0.4 is 0 Å². The number of rotatable bonds is 0. The molecular weight excluding hydrogens is 288 g/mol. The fourth-order valence-corrected chi connectivity index (χ4v) is 7.34. The zero-order valence-electron chi connectivity index (χ0n) is 14.3. The van der Waals surface area contributed by atoms with Gasteiger partial charge in [0.15, 0.2) is 0 Å². The average Bonchev–Trinajstić information content (AvgIpc) is 2.65. The van der Waals surface area contributed by atoms with Gasteiger partial charge < -0.3 is 0 Å². The predicted octanol–water partition coefficient (Wildman–Crippen LogP) is 5.28. The topological polar surface area (TPSA) is 0 Å². The van der Waals surface area contributed by atoms with Crippen molar-refractivity contribution < 1.29 is 0 Å². The summed E-state index contributed by atoms with van der Waals surface area (Å²) >= 11 is 0. The molecule has 0 N–H and O–H groups in total. The smallest absolute Gasteiger partial charge is 0.0129 e. The van der Waals surface area contributed by atoms with Gasteiger partial charge in [-0.2, -0.15) is 0 Å². The largest absolute Gasteiger partial charge is 0.0585 e. The second kappa shape index (κ2) is 4.15. The van der Waals surface area contributed by atoms with E-state index in [9.17, 15) is 0 Å². The molecule has 0 bridgehead atoms. The molecule has 0 saturated heterocycles. The van der Waals surface area contributed by atoms with Gasteiger partial charge in [0.2, 0.25) is 0 Å². The number of hydrogen-bond acceptors (Lipinski definition) is 0. The predicted molar refractivity (Wildman–Crippen MR) is 96.8 cm³/mol. The van der Waals surface area contributed by atoms with Crippen LogP contribution in [0, 0.1) is 11.8 Å². The van der Waals surface area contributed by atoms with Gasteiger partial charge in [-0.15, -0.1) is 0 Å². The van der Waals surface area contributed by atoms with E-state index in [0.717, 1.165) is 23.7 Å². The van der Waals surface area contributed by atoms with E-state index in [4.69, 9.17) is 0 Å². The number of hydrogen-bond donors (Lipinski definition) is 0. The van der Waals surface area contributed by atoms with Crippen LogP contribution in [0.3, 0.4) is 0 Å². The highest BCUT2D eigenvalue weighted by atomic mass is 14.5. The summed E-state index contributed by atoms with van der Waals surface area (Å²) in [6.07, 6.45) is 11.1. The average molecular weight is 312 g/mol. The van der Waals surface area contributed by atoms with Crippen LogP contribution in [-0.2, 0) is 25.7 Å². The van der Waals surface area contributed by atoms with Crippen LogP contribution >= 0.6 is 0 Å². The number of aryl methyl sites for hydroxylation is 4. The molecule has 7 rings (SSSR count). The van der Waals surface area contributed by atoms with Crippen LogP contribution in [0.5, 0.6) is 0 Å². The Labute approximate surface area is 144 Å². The minimum Gasteiger partial charge on any atom is -0.0585 e. The Morgan fingerprint density at radius 1 is 0.458 bits per heavy atom. The number of benzene rings is 2. The van der Waals surface area contributed by atoms with E-state index < -0.39 is 0 Å². The van der Waals surface area contributed by atoms with Gasteiger partial charge in [0.25, 0.3) is 0 Å². The normalized spacial score (nSPS) is 33.3. The highest BCUT2D eigenvalue weighted by Crippen LogP contribution is 2.61. The Bertz CT molecular complexity index is 757. The molecule has 2 aromatic rings. The maximum Gasteiger partial charge on any atom is 0.0129 e. The van der Waals surface area contributed by atoms with Gasteiger partial charge in [-0.1, -0.05) is 24.3 Å². The highest BCUT2D eigenvalue weighted by Gasteiger charge is 2.48. The van der Waals surface area contributed by atoms with E-state index in [2.05, 4.69) is 24.3 Å². The molecule has 5 aliphatic rings. The van der Waals surface area contributed by atoms with E-state index in [0.29, 0.717) is 0 Å². The van der Waals surface area contributed by atoms with Crippen molar-refractivity contribution in [3.05, 3.63) is 68.8 Å². The van der Waals surface area contributed by atoms with Crippen molar-refractivity contribution in [3.8, 4) is 0 Å². The fourth-order valence-electron chi connectivity index (χ4n) is 7.34. The highest BCUT2D eigenvalue weighted by molar-refractivity contribution is 5.65. The Morgan fingerprint density at radius 2 is 0.750 bits per heavy atom. The quantitative estimate of drug-likeness (QED) is 0.621. The standard InChI is InChI=1S/C24H24/c1-2-14-5-6-16-9-11-18-12-10-17-8-7-15-4-3-13(1)19-20(14)22(16)24(18)23(17)21(15)19/h1-2,10,12,15-16,21-22H,3-9,11H2. The molecule has 24 heavy (non-hydrogen) atoms. The van der Waals surface area contributed by atoms with Gasteiger partial charge >= 0.3 is 0 Å². The molecule has 0 heterocycles. The van der Waals surface area contributed by atoms with Crippen LogP contribution in [0.4, 0.5) is 0 Å². The second-order valence-corrected chi connectivity index (χ2v) is 9.05. The third-order valence-corrected chi connectivity index (χ3v) is 8.26. The van der Waals surface area contributed by atoms with Crippen molar-refractivity contribution in [3.63, 3.8) is 0 Å². The van der Waals surface area contributed by atoms with Crippen LogP contribution in [0.15, 0.2) is 24.3 Å². The lowest BCUT2D eigenvalue weighted by Gasteiger charge is -2.51. The summed E-state index contributed by atoms with van der Waals surface area (Å²) in [7, 11) is 0. The Morgan fingerprint density at radius 3 is 1.04 bits per heavy atom. The van der Waals surface area contributed by atoms with Crippen molar-refractivity contribution in [1.82, 2.24) is 0 Å². The molecule has 0 nitrogen and oxygen atoms in total. The monoisotopic (exact) mass is 312 g/mol. The third kappa shape index (κ3) is 1.32. The van der Waals surface area contributed by atoms with Crippen molar-refractivity contribution in [2.24, 2.45) is 11.8 Å². The SMILES string of the molecule is c1cc2c3c4c1CCC1CCc5ccc6c(c5C41)C3C(CC2)CC6. The van der Waals surface area contributed by atoms with E-state index >= 15 is 0 Å². The first kappa shape index (κ1) is 12.8. The molecule has 0 atom stereocenters. The van der Waals surface area contributed by atoms with Crippen LogP contribution in [-0.4, -0.2) is 0 Å². The molecule has 0 heteroatoms. The molecule has 0 unspecified atom stereocenters. The lowest BCUT2D eigenvalue weighted by atomic mass is 9.52. The fraction of sp³-hybridized carbons (Fsp3) is 0.500. The third-order valence-electron chi connectivity index (χ3n) is 8.26. The van der Waals surface area contributed by atoms with Gasteiger partial charge in [0.1, 0.15) is 0 Å². The maximum absolute atomic E-state index is 2.51. The van der Waals surface area contributed by atoms with Crippen molar-refractivity contribution in [1.29, 1.82) is 0 Å². The molecule has 0 amide bonds. The molecule has 5 aliphatic carbocycles. The second-order valence-electron chi connectivity index (χ2n) is 9.05. The lowest BCUT2D eigenvalue weighted by molar-refractivity contribution is 0.312. The summed E-state index contributed by atoms with van der Waals surface area (Å²) in [6, 6.07) is 10.0. The van der Waals surface area contributed by atoms with Crippen molar-refractivity contribution in [2.45, 2.75) is 63.2 Å². The maximum atomic E-state index is 2.51. The zero-order chi connectivity index (χ0) is 15.4. The lowest BCUT2D eigenvalue weighted by Crippen LogP contribution is -2.39. The summed E-state index contributed by atoms with van der Waals surface area (Å²) in [6.45, 7) is 0. The first-order chi connectivity index (χ1) is 11.9. The first-order valence-electron chi connectivity index (χ1n) is 10.2. The van der Waals surface area contributed by atoms with Crippen molar-refractivity contribution >= 4 is 0 Å². The van der Waals surface area contributed by atoms with Crippen molar-refractivity contribution in [2.75, 3.05) is 0 Å². The van der Waals surface area contributed by atoms with E-state index in [1.165, 1.54) is 51.4 Å². The van der Waals surface area contributed by atoms with Crippen LogP contribution in [0.2, 0.25) is 0 Å². The van der Waals surface area contributed by atoms with Gasteiger partial charge in [-0.05, 0) is 108 Å². The summed E-state index contributed by atoms with van der Waals surface area (Å²) in [5, 5.41) is 0. The molecule has 0 aliphatic heterocycles. The molecule has 0 radical (unpaired) electrons. The van der Waals surface area contributed by atoms with Gasteiger partial charge in [-0.25, -0.2) is 0 Å². The Hall–Kier alpha value is -1.56. The molecule has 0 fully saturated rings. The molecule has 2 aromatic carbocycles. The molecule has 0 saturated carbocycles. The zero-order valence-corrected chi connectivity index (χ0v) is 14.3. The van der Waals surface area contributed by atoms with Gasteiger partial charge in [0, 0.05) is 11.8 Å². The summed E-state index contributed by atoms with van der Waals surface area (Å²) in [5.74, 6) is 3.36. The van der Waals surface area contributed by atoms with Crippen LogP contribution in [0.1, 0.15) is 82.0 Å². The van der Waals surface area contributed by atoms with Crippen LogP contribution in [0.25, 0.3) is 0 Å². The Kier molecular flexibility index (Phi) is 2.21. The molecule has 0 aromatic heterocycles. The Balaban J connectivity index is 1.67. The minimum atomic E-state index is 0.760. The van der Waals surface area contributed by atoms with E-state index in [-0.39, 0.29) is 0 Å². The summed E-state index contributed by atoms with van der Waals surface area (Å²) in [5.41, 5.74) is 14.2.